The summed E-state index contributed by atoms with van der Waals surface area (Å²) in [4.78, 5) is 15.1. The summed E-state index contributed by atoms with van der Waals surface area (Å²) in [7, 11) is 1.34. The average molecular weight is 238 g/mol. The molecule has 2 N–H and O–H groups in total. The lowest BCUT2D eigenvalue weighted by Gasteiger charge is -1.94. The van der Waals surface area contributed by atoms with Crippen molar-refractivity contribution < 1.29 is 13.9 Å². The molecule has 1 aromatic carbocycles. The van der Waals surface area contributed by atoms with Crippen LogP contribution in [0.2, 0.25) is 0 Å². The maximum Gasteiger partial charge on any atom is 0.316 e. The van der Waals surface area contributed by atoms with Crippen LogP contribution in [-0.2, 0) is 9.53 Å². The van der Waals surface area contributed by atoms with Crippen LogP contribution in [0.3, 0.4) is 0 Å². The van der Waals surface area contributed by atoms with Crippen LogP contribution in [0.15, 0.2) is 27.8 Å². The van der Waals surface area contributed by atoms with Gasteiger partial charge in [-0.1, -0.05) is 17.8 Å². The van der Waals surface area contributed by atoms with Gasteiger partial charge in [0, 0.05) is 0 Å². The Bertz CT molecular complexity index is 524. The molecule has 6 heteroatoms. The number of methoxy groups -OCH3 is 1. The Balaban J connectivity index is 2.20. The predicted octanol–water partition coefficient (Wildman–Crippen LogP) is 1.68. The maximum atomic E-state index is 10.9. The van der Waals surface area contributed by atoms with Gasteiger partial charge in [-0.05, 0) is 12.1 Å². The van der Waals surface area contributed by atoms with Gasteiger partial charge in [0.05, 0.1) is 12.8 Å². The summed E-state index contributed by atoms with van der Waals surface area (Å²) in [6.45, 7) is 0. The van der Waals surface area contributed by atoms with Crippen LogP contribution in [0.4, 0.5) is 5.69 Å². The van der Waals surface area contributed by atoms with Gasteiger partial charge in [-0.3, -0.25) is 4.79 Å². The highest BCUT2D eigenvalue weighted by Crippen LogP contribution is 2.26. The number of fused-ring (bicyclic) bond motifs is 1. The molecule has 0 saturated heterocycles. The van der Waals surface area contributed by atoms with Gasteiger partial charge in [-0.15, -0.1) is 0 Å². The number of nitrogen functional groups attached to an aromatic ring is 1. The Morgan fingerprint density at radius 1 is 1.62 bits per heavy atom. The number of para-hydroxylation sites is 1. The second-order valence-electron chi connectivity index (χ2n) is 3.04. The van der Waals surface area contributed by atoms with Crippen molar-refractivity contribution >= 4 is 34.5 Å². The summed E-state index contributed by atoms with van der Waals surface area (Å²) in [6, 6.07) is 5.32. The highest BCUT2D eigenvalue weighted by Gasteiger charge is 2.10. The van der Waals surface area contributed by atoms with E-state index in [0.717, 1.165) is 0 Å². The Morgan fingerprint density at radius 3 is 3.12 bits per heavy atom. The Hall–Kier alpha value is -1.69. The van der Waals surface area contributed by atoms with E-state index in [4.69, 9.17) is 10.2 Å². The van der Waals surface area contributed by atoms with Crippen LogP contribution in [0, 0.1) is 0 Å². The van der Waals surface area contributed by atoms with Gasteiger partial charge in [0.1, 0.15) is 11.3 Å². The number of esters is 1. The number of ether oxygens (including phenoxy) is 1. The normalized spacial score (nSPS) is 10.6. The van der Waals surface area contributed by atoms with Crippen molar-refractivity contribution in [2.75, 3.05) is 18.6 Å². The molecule has 0 aliphatic rings. The van der Waals surface area contributed by atoms with Gasteiger partial charge in [0.25, 0.3) is 5.22 Å². The lowest BCUT2D eigenvalue weighted by atomic mass is 10.3. The van der Waals surface area contributed by atoms with Crippen molar-refractivity contribution in [1.82, 2.24) is 4.98 Å². The first-order chi connectivity index (χ1) is 7.70. The van der Waals surface area contributed by atoms with E-state index in [1.54, 1.807) is 18.2 Å². The summed E-state index contributed by atoms with van der Waals surface area (Å²) in [5, 5.41) is 0.415. The van der Waals surface area contributed by atoms with E-state index in [9.17, 15) is 4.79 Å². The van der Waals surface area contributed by atoms with E-state index < -0.39 is 0 Å². The van der Waals surface area contributed by atoms with Gasteiger partial charge in [-0.2, -0.15) is 0 Å². The number of carbonyl (C=O) groups excluding carboxylic acids is 1. The molecule has 0 unspecified atom stereocenters. The molecular formula is C10H10N2O3S. The van der Waals surface area contributed by atoms with Gasteiger partial charge < -0.3 is 14.9 Å². The number of anilines is 1. The number of oxazole rings is 1. The van der Waals surface area contributed by atoms with Crippen LogP contribution in [0.25, 0.3) is 11.1 Å². The van der Waals surface area contributed by atoms with E-state index in [0.29, 0.717) is 22.0 Å². The smallest absolute Gasteiger partial charge is 0.316 e. The second kappa shape index (κ2) is 4.44. The third kappa shape index (κ3) is 2.11. The number of nitrogens with zero attached hydrogens (tertiary/aromatic N) is 1. The minimum Gasteiger partial charge on any atom is -0.468 e. The molecular weight excluding hydrogens is 228 g/mol. The van der Waals surface area contributed by atoms with Crippen molar-refractivity contribution in [1.29, 1.82) is 0 Å². The monoisotopic (exact) mass is 238 g/mol. The molecule has 0 radical (unpaired) electrons. The number of benzene rings is 1. The average Bonchev–Trinajstić information content (AvgIpc) is 2.70. The van der Waals surface area contributed by atoms with Gasteiger partial charge in [0.2, 0.25) is 0 Å². The predicted molar refractivity (Wildman–Crippen MR) is 61.2 cm³/mol. The van der Waals surface area contributed by atoms with Crippen LogP contribution >= 0.6 is 11.8 Å². The molecule has 0 aliphatic carbocycles. The van der Waals surface area contributed by atoms with Crippen molar-refractivity contribution in [3.05, 3.63) is 18.2 Å². The topological polar surface area (TPSA) is 78.3 Å². The van der Waals surface area contributed by atoms with E-state index in [2.05, 4.69) is 9.72 Å². The van der Waals surface area contributed by atoms with E-state index >= 15 is 0 Å². The molecule has 0 aliphatic heterocycles. The van der Waals surface area contributed by atoms with Crippen molar-refractivity contribution in [2.24, 2.45) is 0 Å². The zero-order valence-corrected chi connectivity index (χ0v) is 9.41. The van der Waals surface area contributed by atoms with Crippen molar-refractivity contribution in [3.8, 4) is 0 Å². The lowest BCUT2D eigenvalue weighted by molar-refractivity contribution is -0.137. The summed E-state index contributed by atoms with van der Waals surface area (Å²) in [5.74, 6) is -0.149. The SMILES string of the molecule is COC(=O)CSc1nc2c(N)cccc2o1. The number of aromatic nitrogens is 1. The molecule has 5 nitrogen and oxygen atoms in total. The van der Waals surface area contributed by atoms with Gasteiger partial charge in [-0.25, -0.2) is 4.98 Å². The van der Waals surface area contributed by atoms with E-state index in [1.807, 2.05) is 0 Å². The maximum absolute atomic E-state index is 10.9. The van der Waals surface area contributed by atoms with Crippen molar-refractivity contribution in [3.63, 3.8) is 0 Å². The minimum atomic E-state index is -0.319. The lowest BCUT2D eigenvalue weighted by Crippen LogP contribution is -2.02. The molecule has 16 heavy (non-hydrogen) atoms. The fraction of sp³-hybridized carbons (Fsp3) is 0.200. The fourth-order valence-corrected chi connectivity index (χ4v) is 1.85. The number of rotatable bonds is 3. The number of thioether (sulfide) groups is 1. The summed E-state index contributed by atoms with van der Waals surface area (Å²) < 4.78 is 9.92. The molecule has 0 fully saturated rings. The first kappa shape index (κ1) is 10.8. The molecule has 0 saturated carbocycles. The molecule has 1 heterocycles. The Kier molecular flexibility index (Phi) is 3.00. The zero-order chi connectivity index (χ0) is 11.5. The zero-order valence-electron chi connectivity index (χ0n) is 8.60. The number of hydrogen-bond donors (Lipinski definition) is 1. The number of carbonyl (C=O) groups is 1. The first-order valence-electron chi connectivity index (χ1n) is 4.55. The summed E-state index contributed by atoms with van der Waals surface area (Å²) >= 11 is 1.18. The molecule has 2 aromatic rings. The van der Waals surface area contributed by atoms with Crippen molar-refractivity contribution in [2.45, 2.75) is 5.22 Å². The quantitative estimate of drug-likeness (QED) is 0.498. The molecule has 2 rings (SSSR count). The number of nitrogens with two attached hydrogens (primary N) is 1. The third-order valence-electron chi connectivity index (χ3n) is 1.97. The highest BCUT2D eigenvalue weighted by atomic mass is 32.2. The van der Waals surface area contributed by atoms with Crippen LogP contribution in [-0.4, -0.2) is 23.8 Å². The molecule has 0 bridgehead atoms. The second-order valence-corrected chi connectivity index (χ2v) is 3.97. The van der Waals surface area contributed by atoms with Crippen LogP contribution in [0.5, 0.6) is 0 Å². The molecule has 0 amide bonds. The highest BCUT2D eigenvalue weighted by molar-refractivity contribution is 7.99. The van der Waals surface area contributed by atoms with Crippen LogP contribution in [0.1, 0.15) is 0 Å². The number of hydrogen-bond acceptors (Lipinski definition) is 6. The summed E-state index contributed by atoms with van der Waals surface area (Å²) in [5.41, 5.74) is 7.53. The Morgan fingerprint density at radius 2 is 2.44 bits per heavy atom. The standard InChI is InChI=1S/C10H10N2O3S/c1-14-8(13)5-16-10-12-9-6(11)3-2-4-7(9)15-10/h2-4H,5,11H2,1H3. The van der Waals surface area contributed by atoms with Gasteiger partial charge >= 0.3 is 5.97 Å². The van der Waals surface area contributed by atoms with Crippen LogP contribution < -0.4 is 5.73 Å². The van der Waals surface area contributed by atoms with Gasteiger partial charge in [0.15, 0.2) is 5.58 Å². The van der Waals surface area contributed by atoms with E-state index in [-0.39, 0.29) is 11.7 Å². The first-order valence-corrected chi connectivity index (χ1v) is 5.54. The molecule has 1 aromatic heterocycles. The fourth-order valence-electron chi connectivity index (χ4n) is 1.19. The Labute approximate surface area is 96.0 Å². The molecule has 0 atom stereocenters. The molecule has 0 spiro atoms. The minimum absolute atomic E-state index is 0.170. The third-order valence-corrected chi connectivity index (χ3v) is 2.77. The van der Waals surface area contributed by atoms with E-state index in [1.165, 1.54) is 18.9 Å². The molecule has 84 valence electrons. The summed E-state index contributed by atoms with van der Waals surface area (Å²) in [6.07, 6.45) is 0. The largest absolute Gasteiger partial charge is 0.468 e.